The van der Waals surface area contributed by atoms with Gasteiger partial charge in [0.15, 0.2) is 0 Å². The highest BCUT2D eigenvalue weighted by atomic mass is 32.2. The summed E-state index contributed by atoms with van der Waals surface area (Å²) in [6.45, 7) is -0.177. The molecule has 2 amide bonds. The van der Waals surface area contributed by atoms with E-state index in [4.69, 9.17) is 9.47 Å². The van der Waals surface area contributed by atoms with E-state index in [1.807, 2.05) is 30.3 Å². The van der Waals surface area contributed by atoms with Gasteiger partial charge in [-0.05, 0) is 53.9 Å². The lowest BCUT2D eigenvalue weighted by Gasteiger charge is -2.17. The van der Waals surface area contributed by atoms with Crippen molar-refractivity contribution < 1.29 is 27.5 Å². The maximum atomic E-state index is 12.9. The molecule has 4 aromatic rings. The van der Waals surface area contributed by atoms with Crippen molar-refractivity contribution in [2.75, 3.05) is 35.7 Å². The topological polar surface area (TPSA) is 114 Å². The van der Waals surface area contributed by atoms with Crippen molar-refractivity contribution in [2.45, 2.75) is 4.90 Å². The van der Waals surface area contributed by atoms with Gasteiger partial charge in [-0.3, -0.25) is 19.2 Å². The number of benzene rings is 4. The van der Waals surface area contributed by atoms with Crippen molar-refractivity contribution in [2.24, 2.45) is 0 Å². The van der Waals surface area contributed by atoms with E-state index in [0.29, 0.717) is 28.4 Å². The molecule has 0 spiro atoms. The van der Waals surface area contributed by atoms with Gasteiger partial charge < -0.3 is 14.8 Å². The van der Waals surface area contributed by atoms with Gasteiger partial charge in [0.05, 0.1) is 30.5 Å². The molecule has 1 aliphatic rings. The number of carbonyl (C=O) groups is 2. The fourth-order valence-electron chi connectivity index (χ4n) is 4.30. The van der Waals surface area contributed by atoms with Crippen LogP contribution in [0.3, 0.4) is 0 Å². The third-order valence-corrected chi connectivity index (χ3v) is 7.43. The van der Waals surface area contributed by atoms with Gasteiger partial charge >= 0.3 is 0 Å². The number of anilines is 3. The van der Waals surface area contributed by atoms with E-state index >= 15 is 0 Å². The van der Waals surface area contributed by atoms with Crippen LogP contribution in [-0.2, 0) is 14.8 Å². The minimum Gasteiger partial charge on any atom is -0.497 e. The van der Waals surface area contributed by atoms with E-state index < -0.39 is 15.9 Å². The first-order valence-electron chi connectivity index (χ1n) is 11.3. The minimum atomic E-state index is -3.95. The number of hydrogen-bond donors (Lipinski definition) is 2. The fraction of sp³-hybridized carbons (Fsp3) is 0.111. The Morgan fingerprint density at radius 1 is 0.919 bits per heavy atom. The normalized spacial score (nSPS) is 12.5. The van der Waals surface area contributed by atoms with Gasteiger partial charge in [-0.1, -0.05) is 24.3 Å². The molecule has 0 saturated carbocycles. The van der Waals surface area contributed by atoms with Crippen LogP contribution in [0.15, 0.2) is 83.8 Å². The summed E-state index contributed by atoms with van der Waals surface area (Å²) in [6, 6.07) is 21.6. The monoisotopic (exact) mass is 517 g/mol. The Hall–Kier alpha value is -4.57. The Bertz CT molecular complexity index is 1630. The van der Waals surface area contributed by atoms with E-state index in [-0.39, 0.29) is 23.0 Å². The standard InChI is InChI=1S/C27H23N3O6S/c1-35-19-11-14-24(36-2)22(15-19)29-37(33,34)20-12-9-18(10-13-20)28-25(31)16-30-23-8-4-6-17-5-3-7-21(26(17)23)27(30)32/h3-15,29H,16H2,1-2H3,(H,28,31). The number of ether oxygens (including phenoxy) is 2. The number of hydrogen-bond acceptors (Lipinski definition) is 6. The van der Waals surface area contributed by atoms with E-state index in [9.17, 15) is 18.0 Å². The molecular formula is C27H23N3O6S. The number of rotatable bonds is 8. The molecule has 10 heteroatoms. The summed E-state index contributed by atoms with van der Waals surface area (Å²) in [4.78, 5) is 27.1. The van der Waals surface area contributed by atoms with Crippen LogP contribution in [0, 0.1) is 0 Å². The fourth-order valence-corrected chi connectivity index (χ4v) is 5.36. The van der Waals surface area contributed by atoms with Gasteiger partial charge in [-0.25, -0.2) is 8.42 Å². The Labute approximate surface area is 213 Å². The van der Waals surface area contributed by atoms with Crippen LogP contribution < -0.4 is 24.4 Å². The first kappa shape index (κ1) is 24.1. The lowest BCUT2D eigenvalue weighted by molar-refractivity contribution is -0.114. The van der Waals surface area contributed by atoms with Crippen molar-refractivity contribution in [1.29, 1.82) is 0 Å². The van der Waals surface area contributed by atoms with Crippen molar-refractivity contribution >= 4 is 49.7 Å². The summed E-state index contributed by atoms with van der Waals surface area (Å²) in [7, 11) is -1.03. The van der Waals surface area contributed by atoms with E-state index in [0.717, 1.165) is 10.8 Å². The highest BCUT2D eigenvalue weighted by Crippen LogP contribution is 2.37. The SMILES string of the molecule is COc1ccc(OC)c(NS(=O)(=O)c2ccc(NC(=O)CN3C(=O)c4cccc5cccc3c45)cc2)c1. The molecule has 0 aliphatic carbocycles. The number of carbonyl (C=O) groups excluding carboxylic acids is 2. The predicted octanol–water partition coefficient (Wildman–Crippen LogP) is 4.26. The number of methoxy groups -OCH3 is 2. The molecule has 2 N–H and O–H groups in total. The second kappa shape index (κ2) is 9.47. The lowest BCUT2D eigenvalue weighted by Crippen LogP contribution is -2.35. The molecular weight excluding hydrogens is 494 g/mol. The number of nitrogens with zero attached hydrogens (tertiary/aromatic N) is 1. The minimum absolute atomic E-state index is 0.00720. The van der Waals surface area contributed by atoms with Crippen LogP contribution in [0.1, 0.15) is 10.4 Å². The average molecular weight is 518 g/mol. The highest BCUT2D eigenvalue weighted by Gasteiger charge is 2.30. The second-order valence-electron chi connectivity index (χ2n) is 8.32. The molecule has 0 bridgehead atoms. The number of sulfonamides is 1. The zero-order chi connectivity index (χ0) is 26.2. The summed E-state index contributed by atoms with van der Waals surface area (Å²) in [5, 5.41) is 4.49. The van der Waals surface area contributed by atoms with Gasteiger partial charge in [0.1, 0.15) is 18.0 Å². The summed E-state index contributed by atoms with van der Waals surface area (Å²) in [6.07, 6.45) is 0. The first-order valence-corrected chi connectivity index (χ1v) is 12.8. The molecule has 1 aliphatic heterocycles. The van der Waals surface area contributed by atoms with Crippen LogP contribution in [0.5, 0.6) is 11.5 Å². The third-order valence-electron chi connectivity index (χ3n) is 6.05. The molecule has 9 nitrogen and oxygen atoms in total. The van der Waals surface area contributed by atoms with Crippen LogP contribution in [0.4, 0.5) is 17.1 Å². The Kier molecular flexibility index (Phi) is 6.18. The smallest absolute Gasteiger partial charge is 0.262 e. The van der Waals surface area contributed by atoms with Crippen LogP contribution in [0.2, 0.25) is 0 Å². The second-order valence-corrected chi connectivity index (χ2v) is 10.00. The van der Waals surface area contributed by atoms with Crippen molar-refractivity contribution in [3.05, 3.63) is 84.4 Å². The number of nitrogens with one attached hydrogen (secondary N) is 2. The van der Waals surface area contributed by atoms with Crippen molar-refractivity contribution in [3.63, 3.8) is 0 Å². The molecule has 0 unspecified atom stereocenters. The molecule has 5 rings (SSSR count). The maximum absolute atomic E-state index is 12.9. The van der Waals surface area contributed by atoms with Gasteiger partial charge in [0.25, 0.3) is 15.9 Å². The quantitative estimate of drug-likeness (QED) is 0.361. The summed E-state index contributed by atoms with van der Waals surface area (Å²) < 4.78 is 38.7. The van der Waals surface area contributed by atoms with E-state index in [1.165, 1.54) is 49.5 Å². The summed E-state index contributed by atoms with van der Waals surface area (Å²) in [5.41, 5.74) is 1.88. The van der Waals surface area contributed by atoms with Crippen molar-refractivity contribution in [1.82, 2.24) is 0 Å². The molecule has 0 radical (unpaired) electrons. The molecule has 0 saturated heterocycles. The van der Waals surface area contributed by atoms with Crippen molar-refractivity contribution in [3.8, 4) is 11.5 Å². The van der Waals surface area contributed by atoms with E-state index in [1.54, 1.807) is 18.2 Å². The Morgan fingerprint density at radius 3 is 2.35 bits per heavy atom. The molecule has 37 heavy (non-hydrogen) atoms. The van der Waals surface area contributed by atoms with E-state index in [2.05, 4.69) is 10.0 Å². The molecule has 0 aromatic heterocycles. The zero-order valence-corrected chi connectivity index (χ0v) is 20.8. The predicted molar refractivity (Wildman–Crippen MR) is 141 cm³/mol. The summed E-state index contributed by atoms with van der Waals surface area (Å²) in [5.74, 6) is 0.158. The summed E-state index contributed by atoms with van der Waals surface area (Å²) >= 11 is 0. The molecule has 188 valence electrons. The number of amides is 2. The van der Waals surface area contributed by atoms with Crippen LogP contribution in [-0.4, -0.2) is 41.0 Å². The lowest BCUT2D eigenvalue weighted by atomic mass is 10.1. The molecule has 0 fully saturated rings. The van der Waals surface area contributed by atoms with Gasteiger partial charge in [-0.2, -0.15) is 0 Å². The van der Waals surface area contributed by atoms with Gasteiger partial charge in [0.2, 0.25) is 5.91 Å². The Balaban J connectivity index is 1.29. The molecule has 0 atom stereocenters. The third kappa shape index (κ3) is 4.54. The average Bonchev–Trinajstić information content (AvgIpc) is 3.16. The zero-order valence-electron chi connectivity index (χ0n) is 20.0. The van der Waals surface area contributed by atoms with Crippen LogP contribution in [0.25, 0.3) is 10.8 Å². The van der Waals surface area contributed by atoms with Gasteiger partial charge in [0, 0.05) is 22.7 Å². The van der Waals surface area contributed by atoms with Gasteiger partial charge in [-0.15, -0.1) is 0 Å². The van der Waals surface area contributed by atoms with Crippen LogP contribution >= 0.6 is 0 Å². The highest BCUT2D eigenvalue weighted by molar-refractivity contribution is 7.92. The molecule has 1 heterocycles. The molecule has 4 aromatic carbocycles. The largest absolute Gasteiger partial charge is 0.497 e. The first-order chi connectivity index (χ1) is 17.8. The Morgan fingerprint density at radius 2 is 1.65 bits per heavy atom. The maximum Gasteiger partial charge on any atom is 0.262 e.